The van der Waals surface area contributed by atoms with Gasteiger partial charge in [-0.2, -0.15) is 13.2 Å². The number of nitrogens with zero attached hydrogens (tertiary/aromatic N) is 3. The highest BCUT2D eigenvalue weighted by molar-refractivity contribution is 5.98. The Bertz CT molecular complexity index is 964. The topological polar surface area (TPSA) is 88.0 Å². The van der Waals surface area contributed by atoms with Gasteiger partial charge in [-0.1, -0.05) is 18.2 Å². The molecule has 0 unspecified atom stereocenters. The molecule has 8 nitrogen and oxygen atoms in total. The van der Waals surface area contributed by atoms with Crippen molar-refractivity contribution in [2.24, 2.45) is 0 Å². The van der Waals surface area contributed by atoms with Gasteiger partial charge < -0.3 is 15.0 Å². The predicted molar refractivity (Wildman–Crippen MR) is 121 cm³/mol. The molecule has 0 radical (unpaired) electrons. The predicted octanol–water partition coefficient (Wildman–Crippen LogP) is 3.87. The summed E-state index contributed by atoms with van der Waals surface area (Å²) in [5, 5.41) is 13.8. The lowest BCUT2D eigenvalue weighted by atomic mass is 10.1. The van der Waals surface area contributed by atoms with Crippen molar-refractivity contribution >= 4 is 17.3 Å². The van der Waals surface area contributed by atoms with Crippen LogP contribution in [0.2, 0.25) is 0 Å². The van der Waals surface area contributed by atoms with Gasteiger partial charge in [0, 0.05) is 44.5 Å². The van der Waals surface area contributed by atoms with Crippen molar-refractivity contribution in [3.8, 4) is 5.75 Å². The Balaban J connectivity index is 1.42. The summed E-state index contributed by atoms with van der Waals surface area (Å²) >= 11 is 0. The number of benzene rings is 2. The van der Waals surface area contributed by atoms with Crippen molar-refractivity contribution in [3.63, 3.8) is 0 Å². The Hall–Kier alpha value is -3.34. The van der Waals surface area contributed by atoms with Gasteiger partial charge in [0.2, 0.25) is 0 Å². The zero-order chi connectivity index (χ0) is 24.6. The van der Waals surface area contributed by atoms with Gasteiger partial charge >= 0.3 is 6.18 Å². The van der Waals surface area contributed by atoms with Gasteiger partial charge in [0.25, 0.3) is 11.6 Å². The minimum atomic E-state index is -4.56. The summed E-state index contributed by atoms with van der Waals surface area (Å²) in [4.78, 5) is 27.6. The molecule has 1 aliphatic heterocycles. The number of amides is 1. The molecule has 11 heteroatoms. The van der Waals surface area contributed by atoms with Crippen LogP contribution in [0.4, 0.5) is 24.5 Å². The number of nitro groups is 1. The molecule has 2 aromatic carbocycles. The lowest BCUT2D eigenvalue weighted by Crippen LogP contribution is -2.46. The maximum atomic E-state index is 12.4. The van der Waals surface area contributed by atoms with Crippen molar-refractivity contribution in [1.29, 1.82) is 0 Å². The van der Waals surface area contributed by atoms with Crippen LogP contribution in [0.15, 0.2) is 48.5 Å². The van der Waals surface area contributed by atoms with Crippen molar-refractivity contribution < 1.29 is 27.6 Å². The molecule has 3 rings (SSSR count). The molecule has 2 aromatic rings. The van der Waals surface area contributed by atoms with E-state index in [1.165, 1.54) is 5.69 Å². The fourth-order valence-electron chi connectivity index (χ4n) is 3.74. The smallest absolute Gasteiger partial charge is 0.422 e. The highest BCUT2D eigenvalue weighted by Gasteiger charge is 2.29. The van der Waals surface area contributed by atoms with Gasteiger partial charge in [-0.25, -0.2) is 0 Å². The lowest BCUT2D eigenvalue weighted by Gasteiger charge is -2.36. The van der Waals surface area contributed by atoms with Gasteiger partial charge in [0.15, 0.2) is 6.61 Å². The molecule has 1 aliphatic rings. The molecule has 0 aliphatic carbocycles. The number of halogens is 3. The van der Waals surface area contributed by atoms with Crippen LogP contribution in [0, 0.1) is 10.1 Å². The Morgan fingerprint density at radius 2 is 1.76 bits per heavy atom. The van der Waals surface area contributed by atoms with E-state index < -0.39 is 29.3 Å². The second kappa shape index (κ2) is 11.7. The SMILES string of the molecule is O=C(NCCCCN1CCN(c2ccccc2)CC1)c1cc(OCC(F)(F)F)ccc1[N+](=O)[O-]. The number of nitro benzene ring substituents is 1. The second-order valence-electron chi connectivity index (χ2n) is 7.97. The Labute approximate surface area is 195 Å². The van der Waals surface area contributed by atoms with E-state index in [0.29, 0.717) is 13.0 Å². The van der Waals surface area contributed by atoms with Crippen LogP contribution in [-0.2, 0) is 0 Å². The molecule has 1 fully saturated rings. The van der Waals surface area contributed by atoms with E-state index in [9.17, 15) is 28.1 Å². The summed E-state index contributed by atoms with van der Waals surface area (Å²) in [6.07, 6.45) is -3.05. The average molecular weight is 480 g/mol. The summed E-state index contributed by atoms with van der Waals surface area (Å²) in [5.74, 6) is -0.983. The summed E-state index contributed by atoms with van der Waals surface area (Å²) in [6, 6.07) is 13.2. The zero-order valence-corrected chi connectivity index (χ0v) is 18.6. The molecule has 1 amide bonds. The van der Waals surface area contributed by atoms with Crippen molar-refractivity contribution in [1.82, 2.24) is 10.2 Å². The first-order chi connectivity index (χ1) is 16.2. The summed E-state index contributed by atoms with van der Waals surface area (Å²) in [5.41, 5.74) is 0.390. The third-order valence-corrected chi connectivity index (χ3v) is 5.49. The van der Waals surface area contributed by atoms with Gasteiger partial charge in [0.05, 0.1) is 4.92 Å². The maximum Gasteiger partial charge on any atom is 0.422 e. The normalized spacial score (nSPS) is 14.6. The first kappa shape index (κ1) is 25.3. The Kier molecular flexibility index (Phi) is 8.69. The van der Waals surface area contributed by atoms with E-state index >= 15 is 0 Å². The molecule has 0 atom stereocenters. The molecular formula is C23H27F3N4O4. The number of hydrogen-bond donors (Lipinski definition) is 1. The summed E-state index contributed by atoms with van der Waals surface area (Å²) in [6.45, 7) is 3.39. The van der Waals surface area contributed by atoms with Crippen LogP contribution >= 0.6 is 0 Å². The third kappa shape index (κ3) is 7.62. The van der Waals surface area contributed by atoms with Crippen LogP contribution in [0.1, 0.15) is 23.2 Å². The third-order valence-electron chi connectivity index (χ3n) is 5.49. The van der Waals surface area contributed by atoms with Crippen molar-refractivity contribution in [2.75, 3.05) is 50.8 Å². The molecule has 1 heterocycles. The van der Waals surface area contributed by atoms with E-state index in [-0.39, 0.29) is 11.3 Å². The molecule has 1 N–H and O–H groups in total. The first-order valence-corrected chi connectivity index (χ1v) is 11.0. The van der Waals surface area contributed by atoms with Crippen LogP contribution < -0.4 is 15.0 Å². The van der Waals surface area contributed by atoms with Crippen molar-refractivity contribution in [2.45, 2.75) is 19.0 Å². The van der Waals surface area contributed by atoms with E-state index in [4.69, 9.17) is 0 Å². The number of anilines is 1. The molecule has 1 saturated heterocycles. The minimum absolute atomic E-state index is 0.261. The number of ether oxygens (including phenoxy) is 1. The van der Waals surface area contributed by atoms with Crippen LogP contribution in [0.25, 0.3) is 0 Å². The second-order valence-corrected chi connectivity index (χ2v) is 7.97. The minimum Gasteiger partial charge on any atom is -0.484 e. The van der Waals surface area contributed by atoms with Crippen LogP contribution in [0.3, 0.4) is 0 Å². The van der Waals surface area contributed by atoms with E-state index in [0.717, 1.165) is 57.3 Å². The largest absolute Gasteiger partial charge is 0.484 e. The van der Waals surface area contributed by atoms with E-state index in [2.05, 4.69) is 32.0 Å². The number of nitrogens with one attached hydrogen (secondary N) is 1. The van der Waals surface area contributed by atoms with Crippen LogP contribution in [0.5, 0.6) is 5.75 Å². The van der Waals surface area contributed by atoms with E-state index in [1.807, 2.05) is 18.2 Å². The lowest BCUT2D eigenvalue weighted by molar-refractivity contribution is -0.385. The monoisotopic (exact) mass is 480 g/mol. The molecule has 0 saturated carbocycles. The standard InChI is InChI=1S/C23H27F3N4O4/c24-23(25,26)17-34-19-8-9-21(30(32)33)20(16-19)22(31)27-10-4-5-11-28-12-14-29(15-13-28)18-6-2-1-3-7-18/h1-3,6-9,16H,4-5,10-15,17H2,(H,27,31). The van der Waals surface area contributed by atoms with E-state index in [1.54, 1.807) is 0 Å². The first-order valence-electron chi connectivity index (χ1n) is 11.0. The molecule has 0 aromatic heterocycles. The molecule has 0 spiro atoms. The molecular weight excluding hydrogens is 453 g/mol. The van der Waals surface area contributed by atoms with Crippen molar-refractivity contribution in [3.05, 3.63) is 64.2 Å². The number of hydrogen-bond acceptors (Lipinski definition) is 6. The number of para-hydroxylation sites is 1. The fraction of sp³-hybridized carbons (Fsp3) is 0.435. The average Bonchev–Trinajstić information content (AvgIpc) is 2.82. The Morgan fingerprint density at radius 1 is 1.06 bits per heavy atom. The number of carbonyl (C=O) groups is 1. The number of rotatable bonds is 10. The summed E-state index contributed by atoms with van der Waals surface area (Å²) in [7, 11) is 0. The highest BCUT2D eigenvalue weighted by Crippen LogP contribution is 2.26. The highest BCUT2D eigenvalue weighted by atomic mass is 19.4. The van der Waals surface area contributed by atoms with Gasteiger partial charge in [-0.3, -0.25) is 19.8 Å². The van der Waals surface area contributed by atoms with Crippen LogP contribution in [-0.4, -0.2) is 67.8 Å². The summed E-state index contributed by atoms with van der Waals surface area (Å²) < 4.78 is 41.7. The zero-order valence-electron chi connectivity index (χ0n) is 18.6. The number of unbranched alkanes of at least 4 members (excludes halogenated alkanes) is 1. The number of alkyl halides is 3. The van der Waals surface area contributed by atoms with Gasteiger partial charge in [-0.15, -0.1) is 0 Å². The van der Waals surface area contributed by atoms with Gasteiger partial charge in [-0.05, 0) is 43.7 Å². The number of carbonyl (C=O) groups excluding carboxylic acids is 1. The Morgan fingerprint density at radius 3 is 2.41 bits per heavy atom. The quantitative estimate of drug-likeness (QED) is 0.316. The maximum absolute atomic E-state index is 12.4. The molecule has 0 bridgehead atoms. The molecule has 34 heavy (non-hydrogen) atoms. The molecule has 184 valence electrons. The van der Waals surface area contributed by atoms with Gasteiger partial charge in [0.1, 0.15) is 11.3 Å². The fourth-order valence-corrected chi connectivity index (χ4v) is 3.74. The number of piperazine rings is 1.